The summed E-state index contributed by atoms with van der Waals surface area (Å²) in [6, 6.07) is 15.6. The maximum absolute atomic E-state index is 12.3. The van der Waals surface area contributed by atoms with Gasteiger partial charge in [0.15, 0.2) is 0 Å². The highest BCUT2D eigenvalue weighted by Crippen LogP contribution is 2.24. The van der Waals surface area contributed by atoms with Crippen LogP contribution in [-0.4, -0.2) is 5.91 Å². The van der Waals surface area contributed by atoms with Gasteiger partial charge in [-0.15, -0.1) is 0 Å². The first-order chi connectivity index (χ1) is 9.09. The summed E-state index contributed by atoms with van der Waals surface area (Å²) in [6.07, 6.45) is 0. The number of para-hydroxylation sites is 1. The molecule has 0 aliphatic rings. The first-order valence-corrected chi connectivity index (χ1v) is 6.55. The molecule has 0 spiro atoms. The van der Waals surface area contributed by atoms with Crippen molar-refractivity contribution in [3.8, 4) is 0 Å². The molecule has 0 radical (unpaired) electrons. The average Bonchev–Trinajstić information content (AvgIpc) is 2.39. The fourth-order valence-corrected chi connectivity index (χ4v) is 2.13. The second-order valence-corrected chi connectivity index (χ2v) is 5.01. The molecule has 1 N–H and O–H groups in total. The Morgan fingerprint density at radius 1 is 1.00 bits per heavy atom. The molecule has 0 aromatic heterocycles. The highest BCUT2D eigenvalue weighted by Gasteiger charge is 2.11. The van der Waals surface area contributed by atoms with E-state index in [9.17, 15) is 4.79 Å². The minimum absolute atomic E-state index is 0.0498. The zero-order chi connectivity index (χ0) is 13.8. The normalized spacial score (nSPS) is 10.5. The number of hydrogen-bond donors (Lipinski definition) is 1. The van der Waals surface area contributed by atoms with E-state index in [0.717, 1.165) is 22.4 Å². The predicted molar refractivity (Wildman–Crippen MR) is 79.7 cm³/mol. The summed E-state index contributed by atoms with van der Waals surface area (Å²) < 4.78 is 0. The van der Waals surface area contributed by atoms with Gasteiger partial charge in [0.1, 0.15) is 0 Å². The molecule has 2 rings (SSSR count). The Hall–Kier alpha value is -2.09. The molecule has 0 fully saturated rings. The molecular formula is C17H19NO. The van der Waals surface area contributed by atoms with Crippen molar-refractivity contribution in [2.75, 3.05) is 5.32 Å². The lowest BCUT2D eigenvalue weighted by Gasteiger charge is -2.14. The molecule has 98 valence electrons. The second kappa shape index (κ2) is 5.70. The lowest BCUT2D eigenvalue weighted by Crippen LogP contribution is -2.14. The molecule has 0 aliphatic carbocycles. The van der Waals surface area contributed by atoms with Crippen molar-refractivity contribution in [2.45, 2.75) is 26.7 Å². The van der Waals surface area contributed by atoms with Gasteiger partial charge in [-0.3, -0.25) is 4.79 Å². The van der Waals surface area contributed by atoms with Crippen molar-refractivity contribution in [3.63, 3.8) is 0 Å². The van der Waals surface area contributed by atoms with Gasteiger partial charge in [0.05, 0.1) is 0 Å². The molecular weight excluding hydrogens is 234 g/mol. The van der Waals surface area contributed by atoms with E-state index in [1.807, 2.05) is 49.4 Å². The lowest BCUT2D eigenvalue weighted by atomic mass is 10.0. The molecule has 0 aliphatic heterocycles. The van der Waals surface area contributed by atoms with Crippen LogP contribution in [0.1, 0.15) is 41.3 Å². The third kappa shape index (κ3) is 3.02. The van der Waals surface area contributed by atoms with Crippen LogP contribution < -0.4 is 5.32 Å². The van der Waals surface area contributed by atoms with Gasteiger partial charge >= 0.3 is 0 Å². The van der Waals surface area contributed by atoms with Gasteiger partial charge in [-0.2, -0.15) is 0 Å². The first kappa shape index (κ1) is 13.3. The number of carbonyl (C=O) groups is 1. The Bertz CT molecular complexity index is 587. The average molecular weight is 253 g/mol. The lowest BCUT2D eigenvalue weighted by molar-refractivity contribution is 0.102. The Morgan fingerprint density at radius 3 is 2.32 bits per heavy atom. The number of aryl methyl sites for hydroxylation is 1. The molecule has 0 saturated heterocycles. The number of hydrogen-bond acceptors (Lipinski definition) is 1. The molecule has 0 unspecified atom stereocenters. The number of benzene rings is 2. The van der Waals surface area contributed by atoms with Crippen LogP contribution in [0.2, 0.25) is 0 Å². The number of rotatable bonds is 3. The van der Waals surface area contributed by atoms with Crippen LogP contribution in [0, 0.1) is 6.92 Å². The van der Waals surface area contributed by atoms with Crippen molar-refractivity contribution >= 4 is 11.6 Å². The SMILES string of the molecule is Cc1ccccc1C(=O)Nc1ccccc1C(C)C. The highest BCUT2D eigenvalue weighted by molar-refractivity contribution is 6.05. The third-order valence-corrected chi connectivity index (χ3v) is 3.22. The standard InChI is InChI=1S/C17H19NO/c1-12(2)14-9-6-7-11-16(14)18-17(19)15-10-5-4-8-13(15)3/h4-12H,1-3H3,(H,18,19). The van der Waals surface area contributed by atoms with Gasteiger partial charge in [-0.1, -0.05) is 50.2 Å². The summed E-state index contributed by atoms with van der Waals surface area (Å²) in [6.45, 7) is 6.20. The summed E-state index contributed by atoms with van der Waals surface area (Å²) in [5.41, 5.74) is 3.76. The van der Waals surface area contributed by atoms with E-state index in [1.54, 1.807) is 0 Å². The van der Waals surface area contributed by atoms with E-state index in [4.69, 9.17) is 0 Å². The molecule has 2 heteroatoms. The minimum Gasteiger partial charge on any atom is -0.322 e. The summed E-state index contributed by atoms with van der Waals surface area (Å²) in [5.74, 6) is 0.333. The molecule has 19 heavy (non-hydrogen) atoms. The Kier molecular flexibility index (Phi) is 4.00. The summed E-state index contributed by atoms with van der Waals surface area (Å²) in [4.78, 5) is 12.3. The second-order valence-electron chi connectivity index (χ2n) is 5.01. The monoisotopic (exact) mass is 253 g/mol. The molecule has 0 bridgehead atoms. The quantitative estimate of drug-likeness (QED) is 0.864. The topological polar surface area (TPSA) is 29.1 Å². The molecule has 2 aromatic rings. The minimum atomic E-state index is -0.0498. The zero-order valence-electron chi connectivity index (χ0n) is 11.6. The maximum Gasteiger partial charge on any atom is 0.255 e. The number of carbonyl (C=O) groups excluding carboxylic acids is 1. The Labute approximate surface area is 114 Å². The van der Waals surface area contributed by atoms with Crippen LogP contribution in [0.15, 0.2) is 48.5 Å². The van der Waals surface area contributed by atoms with Crippen LogP contribution >= 0.6 is 0 Å². The fraction of sp³-hybridized carbons (Fsp3) is 0.235. The first-order valence-electron chi connectivity index (χ1n) is 6.55. The van der Waals surface area contributed by atoms with E-state index < -0.39 is 0 Å². The van der Waals surface area contributed by atoms with Gasteiger partial charge < -0.3 is 5.32 Å². The van der Waals surface area contributed by atoms with Crippen molar-refractivity contribution in [1.82, 2.24) is 0 Å². The smallest absolute Gasteiger partial charge is 0.255 e. The number of nitrogens with one attached hydrogen (secondary N) is 1. The zero-order valence-corrected chi connectivity index (χ0v) is 11.6. The summed E-state index contributed by atoms with van der Waals surface area (Å²) >= 11 is 0. The Morgan fingerprint density at radius 2 is 1.63 bits per heavy atom. The molecule has 0 saturated carbocycles. The van der Waals surface area contributed by atoms with Crippen LogP contribution in [0.5, 0.6) is 0 Å². The highest BCUT2D eigenvalue weighted by atomic mass is 16.1. The Balaban J connectivity index is 2.27. The van der Waals surface area contributed by atoms with E-state index in [-0.39, 0.29) is 5.91 Å². The molecule has 0 heterocycles. The molecule has 2 nitrogen and oxygen atoms in total. The van der Waals surface area contributed by atoms with Crippen molar-refractivity contribution in [1.29, 1.82) is 0 Å². The summed E-state index contributed by atoms with van der Waals surface area (Å²) in [5, 5.41) is 3.01. The molecule has 2 aromatic carbocycles. The van der Waals surface area contributed by atoms with E-state index >= 15 is 0 Å². The maximum atomic E-state index is 12.3. The third-order valence-electron chi connectivity index (χ3n) is 3.22. The van der Waals surface area contributed by atoms with Crippen molar-refractivity contribution in [3.05, 3.63) is 65.2 Å². The molecule has 0 atom stereocenters. The number of amides is 1. The van der Waals surface area contributed by atoms with Gasteiger partial charge in [-0.05, 0) is 36.1 Å². The fourth-order valence-electron chi connectivity index (χ4n) is 2.13. The van der Waals surface area contributed by atoms with Crippen LogP contribution in [0.3, 0.4) is 0 Å². The van der Waals surface area contributed by atoms with Crippen LogP contribution in [-0.2, 0) is 0 Å². The van der Waals surface area contributed by atoms with Crippen molar-refractivity contribution in [2.24, 2.45) is 0 Å². The van der Waals surface area contributed by atoms with Crippen molar-refractivity contribution < 1.29 is 4.79 Å². The van der Waals surface area contributed by atoms with Gasteiger partial charge in [0.25, 0.3) is 5.91 Å². The van der Waals surface area contributed by atoms with Gasteiger partial charge in [-0.25, -0.2) is 0 Å². The van der Waals surface area contributed by atoms with Crippen LogP contribution in [0.25, 0.3) is 0 Å². The van der Waals surface area contributed by atoms with Crippen LogP contribution in [0.4, 0.5) is 5.69 Å². The number of anilines is 1. The predicted octanol–water partition coefficient (Wildman–Crippen LogP) is 4.37. The van der Waals surface area contributed by atoms with E-state index in [2.05, 4.69) is 25.2 Å². The van der Waals surface area contributed by atoms with E-state index in [0.29, 0.717) is 5.92 Å². The van der Waals surface area contributed by atoms with Gasteiger partial charge in [0.2, 0.25) is 0 Å². The molecule has 1 amide bonds. The van der Waals surface area contributed by atoms with Gasteiger partial charge in [0, 0.05) is 11.3 Å². The van der Waals surface area contributed by atoms with E-state index in [1.165, 1.54) is 0 Å². The largest absolute Gasteiger partial charge is 0.322 e. The summed E-state index contributed by atoms with van der Waals surface area (Å²) in [7, 11) is 0.